The van der Waals surface area contributed by atoms with Gasteiger partial charge in [-0.3, -0.25) is 4.79 Å². The van der Waals surface area contributed by atoms with E-state index >= 15 is 0 Å². The third-order valence-electron chi connectivity index (χ3n) is 3.01. The second kappa shape index (κ2) is 7.09. The quantitative estimate of drug-likeness (QED) is 0.873. The highest BCUT2D eigenvalue weighted by atomic mass is 35.5. The Bertz CT molecular complexity index is 664. The first-order chi connectivity index (χ1) is 10.4. The number of nitrogens with one attached hydrogen (secondary N) is 1. The smallest absolute Gasteiger partial charge is 0.290 e. The van der Waals surface area contributed by atoms with Crippen molar-refractivity contribution in [3.63, 3.8) is 0 Å². The largest absolute Gasteiger partial charge is 0.349 e. The van der Waals surface area contributed by atoms with Gasteiger partial charge in [0, 0.05) is 12.6 Å². The van der Waals surface area contributed by atoms with Crippen molar-refractivity contribution in [2.45, 2.75) is 26.3 Å². The van der Waals surface area contributed by atoms with Gasteiger partial charge in [-0.05, 0) is 32.4 Å². The zero-order chi connectivity index (χ0) is 16.3. The Morgan fingerprint density at radius 1 is 1.41 bits per heavy atom. The minimum Gasteiger partial charge on any atom is -0.349 e. The molecule has 1 unspecified atom stereocenters. The van der Waals surface area contributed by atoms with E-state index in [2.05, 4.69) is 15.4 Å². The molecule has 0 aliphatic heterocycles. The fourth-order valence-corrected chi connectivity index (χ4v) is 2.44. The van der Waals surface area contributed by atoms with E-state index in [1.807, 2.05) is 6.92 Å². The van der Waals surface area contributed by atoms with E-state index < -0.39 is 0 Å². The molecule has 6 nitrogen and oxygen atoms in total. The van der Waals surface area contributed by atoms with Crippen LogP contribution in [0, 0.1) is 6.92 Å². The van der Waals surface area contributed by atoms with E-state index in [9.17, 15) is 4.79 Å². The normalized spacial score (nSPS) is 12.2. The lowest BCUT2D eigenvalue weighted by Gasteiger charge is -2.07. The zero-order valence-corrected chi connectivity index (χ0v) is 13.8. The Balaban J connectivity index is 2.23. The van der Waals surface area contributed by atoms with Crippen molar-refractivity contribution in [1.29, 1.82) is 0 Å². The third kappa shape index (κ3) is 3.76. The maximum absolute atomic E-state index is 12.0. The molecule has 0 fully saturated rings. The number of aryl methyl sites for hydroxylation is 1. The van der Waals surface area contributed by atoms with Crippen LogP contribution >= 0.6 is 23.2 Å². The summed E-state index contributed by atoms with van der Waals surface area (Å²) < 4.78 is 1.46. The number of nitrogens with zero attached hydrogens (tertiary/aromatic N) is 3. The molecule has 0 aliphatic carbocycles. The first-order valence-electron chi connectivity index (χ1n) is 6.82. The van der Waals surface area contributed by atoms with Crippen LogP contribution in [-0.4, -0.2) is 33.3 Å². The van der Waals surface area contributed by atoms with Crippen LogP contribution in [0.5, 0.6) is 0 Å². The van der Waals surface area contributed by atoms with Gasteiger partial charge in [-0.2, -0.15) is 0 Å². The van der Waals surface area contributed by atoms with Gasteiger partial charge in [0.15, 0.2) is 0 Å². The van der Waals surface area contributed by atoms with E-state index in [0.717, 1.165) is 0 Å². The summed E-state index contributed by atoms with van der Waals surface area (Å²) in [5.41, 5.74) is 6.14. The maximum atomic E-state index is 12.0. The molecule has 22 heavy (non-hydrogen) atoms. The fraction of sp³-hybridized carbons (Fsp3) is 0.357. The molecule has 1 aromatic carbocycles. The van der Waals surface area contributed by atoms with Crippen LogP contribution in [0.4, 0.5) is 0 Å². The van der Waals surface area contributed by atoms with E-state index in [4.69, 9.17) is 28.9 Å². The topological polar surface area (TPSA) is 85.8 Å². The van der Waals surface area contributed by atoms with Crippen molar-refractivity contribution < 1.29 is 4.79 Å². The average molecular weight is 342 g/mol. The summed E-state index contributed by atoms with van der Waals surface area (Å²) in [6, 6.07) is 5.16. The lowest BCUT2D eigenvalue weighted by Crippen LogP contribution is -2.29. The van der Waals surface area contributed by atoms with Gasteiger partial charge in [-0.1, -0.05) is 29.3 Å². The number of hydrogen-bond acceptors (Lipinski definition) is 4. The number of benzene rings is 1. The van der Waals surface area contributed by atoms with Gasteiger partial charge in [-0.15, -0.1) is 5.10 Å². The zero-order valence-electron chi connectivity index (χ0n) is 12.3. The van der Waals surface area contributed by atoms with Gasteiger partial charge < -0.3 is 11.1 Å². The van der Waals surface area contributed by atoms with Crippen molar-refractivity contribution in [1.82, 2.24) is 20.1 Å². The van der Waals surface area contributed by atoms with Crippen LogP contribution in [-0.2, 0) is 0 Å². The van der Waals surface area contributed by atoms with Crippen molar-refractivity contribution in [3.8, 4) is 5.69 Å². The number of amides is 1. The summed E-state index contributed by atoms with van der Waals surface area (Å²) in [4.78, 5) is 16.2. The molecule has 0 saturated carbocycles. The molecule has 2 rings (SSSR count). The summed E-state index contributed by atoms with van der Waals surface area (Å²) in [5, 5.41) is 7.79. The van der Waals surface area contributed by atoms with Crippen molar-refractivity contribution in [2.75, 3.05) is 6.54 Å². The minimum absolute atomic E-state index is 0.0227. The van der Waals surface area contributed by atoms with Crippen LogP contribution < -0.4 is 11.1 Å². The van der Waals surface area contributed by atoms with Gasteiger partial charge in [-0.25, -0.2) is 9.67 Å². The van der Waals surface area contributed by atoms with Crippen LogP contribution in [0.25, 0.3) is 5.69 Å². The second-order valence-corrected chi connectivity index (χ2v) is 5.80. The average Bonchev–Trinajstić information content (AvgIpc) is 2.80. The number of rotatable bonds is 5. The number of carbonyl (C=O) groups excluding carboxylic acids is 1. The summed E-state index contributed by atoms with van der Waals surface area (Å²) >= 11 is 12.3. The number of nitrogens with two attached hydrogens (primary N) is 1. The molecule has 2 aromatic rings. The van der Waals surface area contributed by atoms with Crippen molar-refractivity contribution in [2.24, 2.45) is 5.73 Å². The van der Waals surface area contributed by atoms with Gasteiger partial charge >= 0.3 is 0 Å². The number of para-hydroxylation sites is 1. The molecule has 0 saturated heterocycles. The SMILES string of the molecule is Cc1nc(C(=O)NCCC(C)N)nn1-c1c(Cl)cccc1Cl. The summed E-state index contributed by atoms with van der Waals surface area (Å²) in [6.45, 7) is 4.07. The molecule has 0 radical (unpaired) electrons. The summed E-state index contributed by atoms with van der Waals surface area (Å²) in [7, 11) is 0. The number of hydrogen-bond donors (Lipinski definition) is 2. The fourth-order valence-electron chi connectivity index (χ4n) is 1.88. The Morgan fingerprint density at radius 2 is 2.05 bits per heavy atom. The van der Waals surface area contributed by atoms with Crippen LogP contribution in [0.2, 0.25) is 10.0 Å². The molecule has 8 heteroatoms. The Kier molecular flexibility index (Phi) is 5.39. The molecule has 1 aromatic heterocycles. The molecule has 3 N–H and O–H groups in total. The first-order valence-corrected chi connectivity index (χ1v) is 7.57. The Labute approximate surface area is 138 Å². The van der Waals surface area contributed by atoms with Crippen molar-refractivity contribution in [3.05, 3.63) is 39.9 Å². The molecule has 1 amide bonds. The molecular weight excluding hydrogens is 325 g/mol. The standard InChI is InChI=1S/C14H17Cl2N5O/c1-8(17)6-7-18-14(22)13-19-9(2)21(20-13)12-10(15)4-3-5-11(12)16/h3-5,8H,6-7,17H2,1-2H3,(H,18,22). The van der Waals surface area contributed by atoms with Gasteiger partial charge in [0.1, 0.15) is 11.5 Å². The highest BCUT2D eigenvalue weighted by Gasteiger charge is 2.18. The van der Waals surface area contributed by atoms with E-state index in [1.165, 1.54) is 4.68 Å². The molecule has 0 bridgehead atoms. The van der Waals surface area contributed by atoms with E-state index in [-0.39, 0.29) is 17.8 Å². The maximum Gasteiger partial charge on any atom is 0.290 e. The highest BCUT2D eigenvalue weighted by Crippen LogP contribution is 2.28. The summed E-state index contributed by atoms with van der Waals surface area (Å²) in [6.07, 6.45) is 0.682. The van der Waals surface area contributed by atoms with E-state index in [1.54, 1.807) is 25.1 Å². The lowest BCUT2D eigenvalue weighted by molar-refractivity contribution is 0.0942. The van der Waals surface area contributed by atoms with Crippen LogP contribution in [0.15, 0.2) is 18.2 Å². The first kappa shape index (κ1) is 16.7. The minimum atomic E-state index is -0.356. The molecule has 1 atom stereocenters. The molecule has 1 heterocycles. The molecule has 0 aliphatic rings. The second-order valence-electron chi connectivity index (χ2n) is 4.99. The lowest BCUT2D eigenvalue weighted by atomic mass is 10.2. The van der Waals surface area contributed by atoms with Gasteiger partial charge in [0.2, 0.25) is 5.82 Å². The molecular formula is C14H17Cl2N5O. The highest BCUT2D eigenvalue weighted by molar-refractivity contribution is 6.37. The number of aromatic nitrogens is 3. The predicted molar refractivity (Wildman–Crippen MR) is 86.7 cm³/mol. The Hall–Kier alpha value is -1.63. The Morgan fingerprint density at radius 3 is 2.64 bits per heavy atom. The van der Waals surface area contributed by atoms with Gasteiger partial charge in [0.05, 0.1) is 10.0 Å². The van der Waals surface area contributed by atoms with Gasteiger partial charge in [0.25, 0.3) is 5.91 Å². The molecule has 0 spiro atoms. The molecule has 118 valence electrons. The van der Waals surface area contributed by atoms with Crippen LogP contribution in [0.1, 0.15) is 29.8 Å². The summed E-state index contributed by atoms with van der Waals surface area (Å²) in [5.74, 6) is 0.233. The van der Waals surface area contributed by atoms with E-state index in [0.29, 0.717) is 34.5 Å². The number of carbonyl (C=O) groups is 1. The van der Waals surface area contributed by atoms with Crippen molar-refractivity contribution >= 4 is 29.1 Å². The monoisotopic (exact) mass is 341 g/mol. The predicted octanol–water partition coefficient (Wildman–Crippen LogP) is 2.35. The van der Waals surface area contributed by atoms with Crippen LogP contribution in [0.3, 0.4) is 0 Å². The third-order valence-corrected chi connectivity index (χ3v) is 3.62. The number of halogens is 2.